The Morgan fingerprint density at radius 1 is 0.920 bits per heavy atom. The fourth-order valence-corrected chi connectivity index (χ4v) is 4.47. The van der Waals surface area contributed by atoms with E-state index in [4.69, 9.17) is 0 Å². The highest BCUT2D eigenvalue weighted by molar-refractivity contribution is 5.38. The molecule has 6 heteroatoms. The largest absolute Gasteiger partial charge is 0.351 e. The van der Waals surface area contributed by atoms with Gasteiger partial charge in [0.15, 0.2) is 0 Å². The van der Waals surface area contributed by atoms with Crippen LogP contribution in [0, 0.1) is 0 Å². The molecule has 1 N–H and O–H groups in total. The molecule has 6 nitrogen and oxygen atoms in total. The highest BCUT2D eigenvalue weighted by Gasteiger charge is 2.38. The fraction of sp³-hybridized carbons (Fsp3) is 0.632. The average Bonchev–Trinajstić information content (AvgIpc) is 3.17. The lowest BCUT2D eigenvalue weighted by molar-refractivity contribution is 0.0436. The average molecular weight is 340 g/mol. The number of benzene rings is 1. The molecule has 0 unspecified atom stereocenters. The minimum absolute atomic E-state index is 0.270. The molecule has 4 rings (SSSR count). The quantitative estimate of drug-likeness (QED) is 0.905. The Bertz CT molecular complexity index is 656. The van der Waals surface area contributed by atoms with Crippen LogP contribution in [0.2, 0.25) is 0 Å². The second-order valence-corrected chi connectivity index (χ2v) is 7.44. The molecule has 0 spiro atoms. The van der Waals surface area contributed by atoms with Crippen molar-refractivity contribution in [1.29, 1.82) is 0 Å². The number of hydrogen-bond acceptors (Lipinski definition) is 5. The van der Waals surface area contributed by atoms with Gasteiger partial charge in [0.05, 0.1) is 5.69 Å². The van der Waals surface area contributed by atoms with E-state index in [2.05, 4.69) is 25.7 Å². The van der Waals surface area contributed by atoms with Crippen LogP contribution in [0.4, 0.5) is 5.95 Å². The number of piperidine rings is 1. The van der Waals surface area contributed by atoms with Crippen LogP contribution in [0.3, 0.4) is 0 Å². The molecule has 2 fully saturated rings. The first-order chi connectivity index (χ1) is 12.4. The molecule has 2 aromatic rings. The molecule has 2 heterocycles. The van der Waals surface area contributed by atoms with Crippen LogP contribution in [-0.4, -0.2) is 50.3 Å². The Morgan fingerprint density at radius 3 is 2.40 bits per heavy atom. The monoisotopic (exact) mass is 340 g/mol. The van der Waals surface area contributed by atoms with Gasteiger partial charge in [0.2, 0.25) is 5.95 Å². The molecule has 1 aliphatic carbocycles. The van der Waals surface area contributed by atoms with Crippen LogP contribution in [0.1, 0.15) is 51.4 Å². The fourth-order valence-electron chi connectivity index (χ4n) is 4.47. The third-order valence-electron chi connectivity index (χ3n) is 5.86. The van der Waals surface area contributed by atoms with Crippen LogP contribution in [-0.2, 0) is 0 Å². The smallest absolute Gasteiger partial charge is 0.247 e. The number of aromatic nitrogens is 4. The summed E-state index contributed by atoms with van der Waals surface area (Å²) in [7, 11) is 0. The van der Waals surface area contributed by atoms with Crippen molar-refractivity contribution in [2.24, 2.45) is 0 Å². The summed E-state index contributed by atoms with van der Waals surface area (Å²) in [4.78, 5) is 2.75. The summed E-state index contributed by atoms with van der Waals surface area (Å²) < 4.78 is 1.80. The molecule has 2 aliphatic rings. The van der Waals surface area contributed by atoms with Crippen LogP contribution in [0.25, 0.3) is 5.69 Å². The highest BCUT2D eigenvalue weighted by Crippen LogP contribution is 2.35. The minimum atomic E-state index is 0.270. The molecule has 0 amide bonds. The second-order valence-electron chi connectivity index (χ2n) is 7.44. The van der Waals surface area contributed by atoms with E-state index in [1.807, 2.05) is 30.3 Å². The molecule has 1 aromatic heterocycles. The third kappa shape index (κ3) is 3.54. The van der Waals surface area contributed by atoms with Crippen LogP contribution in [0.5, 0.6) is 0 Å². The predicted octanol–water partition coefficient (Wildman–Crippen LogP) is 3.26. The Kier molecular flexibility index (Phi) is 4.97. The number of para-hydroxylation sites is 1. The topological polar surface area (TPSA) is 58.9 Å². The van der Waals surface area contributed by atoms with Gasteiger partial charge in [-0.05, 0) is 61.3 Å². The molecular formula is C19H28N6. The van der Waals surface area contributed by atoms with Crippen molar-refractivity contribution in [1.82, 2.24) is 25.1 Å². The van der Waals surface area contributed by atoms with Gasteiger partial charge >= 0.3 is 0 Å². The Labute approximate surface area is 149 Å². The number of hydrogen-bond donors (Lipinski definition) is 1. The molecule has 1 aliphatic heterocycles. The molecule has 1 saturated heterocycles. The summed E-state index contributed by atoms with van der Waals surface area (Å²) >= 11 is 0. The first kappa shape index (κ1) is 16.5. The minimum Gasteiger partial charge on any atom is -0.351 e. The first-order valence-corrected chi connectivity index (χ1v) is 9.70. The van der Waals surface area contributed by atoms with E-state index >= 15 is 0 Å². The van der Waals surface area contributed by atoms with Gasteiger partial charge in [-0.15, -0.1) is 0 Å². The second kappa shape index (κ2) is 7.52. The van der Waals surface area contributed by atoms with Crippen LogP contribution >= 0.6 is 0 Å². The van der Waals surface area contributed by atoms with Crippen molar-refractivity contribution in [2.75, 3.05) is 25.0 Å². The number of anilines is 1. The van der Waals surface area contributed by atoms with Crippen molar-refractivity contribution in [3.8, 4) is 5.69 Å². The number of tetrazole rings is 1. The third-order valence-corrected chi connectivity index (χ3v) is 5.86. The summed E-state index contributed by atoms with van der Waals surface area (Å²) in [6, 6.07) is 10.1. The summed E-state index contributed by atoms with van der Waals surface area (Å²) in [5.74, 6) is 0.744. The predicted molar refractivity (Wildman–Crippen MR) is 98.9 cm³/mol. The molecular weight excluding hydrogens is 312 g/mol. The summed E-state index contributed by atoms with van der Waals surface area (Å²) in [5, 5.41) is 15.9. The number of nitrogens with one attached hydrogen (secondary N) is 1. The maximum atomic E-state index is 4.23. The highest BCUT2D eigenvalue weighted by atomic mass is 15.6. The van der Waals surface area contributed by atoms with Crippen molar-refractivity contribution in [2.45, 2.75) is 56.9 Å². The van der Waals surface area contributed by atoms with Gasteiger partial charge in [0, 0.05) is 12.1 Å². The zero-order valence-corrected chi connectivity index (χ0v) is 14.9. The summed E-state index contributed by atoms with van der Waals surface area (Å²) in [6.07, 6.45) is 10.7. The molecule has 0 radical (unpaired) electrons. The molecule has 1 saturated carbocycles. The van der Waals surface area contributed by atoms with E-state index in [1.54, 1.807) is 4.68 Å². The molecule has 134 valence electrons. The molecule has 1 aromatic carbocycles. The zero-order valence-electron chi connectivity index (χ0n) is 14.9. The Morgan fingerprint density at radius 2 is 1.64 bits per heavy atom. The van der Waals surface area contributed by atoms with Gasteiger partial charge in [-0.25, -0.2) is 0 Å². The lowest BCUT2D eigenvalue weighted by atomic mass is 9.79. The molecule has 0 bridgehead atoms. The van der Waals surface area contributed by atoms with Crippen molar-refractivity contribution in [3.05, 3.63) is 30.3 Å². The van der Waals surface area contributed by atoms with Crippen LogP contribution in [0.15, 0.2) is 30.3 Å². The van der Waals surface area contributed by atoms with E-state index in [0.717, 1.165) is 18.2 Å². The molecule has 0 atom stereocenters. The number of likely N-dealkylation sites (tertiary alicyclic amines) is 1. The Hall–Kier alpha value is -1.95. The van der Waals surface area contributed by atoms with Gasteiger partial charge in [0.25, 0.3) is 0 Å². The van der Waals surface area contributed by atoms with E-state index in [0.29, 0.717) is 0 Å². The lowest BCUT2D eigenvalue weighted by Crippen LogP contribution is -2.56. The molecule has 25 heavy (non-hydrogen) atoms. The summed E-state index contributed by atoms with van der Waals surface area (Å²) in [6.45, 7) is 3.41. The van der Waals surface area contributed by atoms with Gasteiger partial charge in [-0.2, -0.15) is 4.68 Å². The maximum absolute atomic E-state index is 4.23. The number of rotatable bonds is 5. The Balaban J connectivity index is 1.51. The first-order valence-electron chi connectivity index (χ1n) is 9.70. The van der Waals surface area contributed by atoms with E-state index in [-0.39, 0.29) is 5.54 Å². The van der Waals surface area contributed by atoms with Crippen molar-refractivity contribution >= 4 is 5.95 Å². The van der Waals surface area contributed by atoms with E-state index in [1.165, 1.54) is 64.5 Å². The maximum Gasteiger partial charge on any atom is 0.247 e. The van der Waals surface area contributed by atoms with Gasteiger partial charge in [0.1, 0.15) is 0 Å². The SMILES string of the molecule is c1ccc(-n2nnnc2NCC2(N3CCCCC3)CCCCC2)cc1. The summed E-state index contributed by atoms with van der Waals surface area (Å²) in [5.41, 5.74) is 1.26. The number of nitrogens with zero attached hydrogens (tertiary/aromatic N) is 5. The van der Waals surface area contributed by atoms with Crippen molar-refractivity contribution in [3.63, 3.8) is 0 Å². The van der Waals surface area contributed by atoms with E-state index in [9.17, 15) is 0 Å². The van der Waals surface area contributed by atoms with Gasteiger partial charge < -0.3 is 5.32 Å². The van der Waals surface area contributed by atoms with E-state index < -0.39 is 0 Å². The zero-order chi connectivity index (χ0) is 17.0. The lowest BCUT2D eigenvalue weighted by Gasteiger charge is -2.48. The van der Waals surface area contributed by atoms with Crippen LogP contribution < -0.4 is 5.32 Å². The normalized spacial score (nSPS) is 21.1. The van der Waals surface area contributed by atoms with Gasteiger partial charge in [-0.3, -0.25) is 4.90 Å². The standard InChI is InChI=1S/C19H28N6/c1-4-10-17(11-5-1)25-18(21-22-23-25)20-16-19(12-6-2-7-13-19)24-14-8-3-9-15-24/h1,4-5,10-11H,2-3,6-9,12-16H2,(H,20,21,23). The van der Waals surface area contributed by atoms with Crippen molar-refractivity contribution < 1.29 is 0 Å². The van der Waals surface area contributed by atoms with Gasteiger partial charge in [-0.1, -0.05) is 49.0 Å².